The zero-order chi connectivity index (χ0) is 27.4. The second-order valence-corrected chi connectivity index (χ2v) is 10.6. The van der Waals surface area contributed by atoms with E-state index in [1.165, 1.54) is 11.1 Å². The summed E-state index contributed by atoms with van der Waals surface area (Å²) in [5, 5.41) is 6.46. The number of rotatable bonds is 8. The monoisotopic (exact) mass is 609 g/mol. The number of halogens is 5. The summed E-state index contributed by atoms with van der Waals surface area (Å²) in [6.45, 7) is 5.80. The molecule has 2 fully saturated rings. The molecule has 0 radical (unpaired) electrons. The second kappa shape index (κ2) is 14.9. The van der Waals surface area contributed by atoms with E-state index in [0.717, 1.165) is 63.1 Å². The molecule has 1 atom stereocenters. The zero-order valence-corrected chi connectivity index (χ0v) is 24.6. The van der Waals surface area contributed by atoms with Crippen molar-refractivity contribution in [3.05, 3.63) is 88.7 Å². The van der Waals surface area contributed by atoms with Crippen LogP contribution < -0.4 is 15.4 Å². The van der Waals surface area contributed by atoms with Gasteiger partial charge in [-0.15, -0.1) is 24.8 Å². The molecule has 5 rings (SSSR count). The van der Waals surface area contributed by atoms with Gasteiger partial charge in [0, 0.05) is 36.8 Å². The Kier molecular flexibility index (Phi) is 11.9. The smallest absolute Gasteiger partial charge is 0.225 e. The third-order valence-corrected chi connectivity index (χ3v) is 7.72. The first kappa shape index (κ1) is 32.7. The lowest BCUT2D eigenvalue weighted by Gasteiger charge is -2.33. The van der Waals surface area contributed by atoms with E-state index in [2.05, 4.69) is 34.6 Å². The molecule has 41 heavy (non-hydrogen) atoms. The highest BCUT2D eigenvalue weighted by Gasteiger charge is 2.23. The molecule has 2 saturated heterocycles. The Bertz CT molecular complexity index is 1310. The average molecular weight is 611 g/mol. The number of likely N-dealkylation sites (tertiary alicyclic amines) is 1. The molecular weight excluding hydrogens is 574 g/mol. The van der Waals surface area contributed by atoms with Gasteiger partial charge in [-0.05, 0) is 99.1 Å². The lowest BCUT2D eigenvalue weighted by molar-refractivity contribution is -0.116. The SMILES string of the molecule is Cc1ccc(NC(=O)C[C@@H]2CCCN2)cc1C1CCN(Cc2ccc(Oc3cc(F)c(F)cc3F)cc2)CC1.Cl.Cl. The summed E-state index contributed by atoms with van der Waals surface area (Å²) in [4.78, 5) is 14.9. The van der Waals surface area contributed by atoms with Gasteiger partial charge in [-0.2, -0.15) is 0 Å². The minimum Gasteiger partial charge on any atom is -0.454 e. The van der Waals surface area contributed by atoms with Gasteiger partial charge < -0.3 is 15.4 Å². The van der Waals surface area contributed by atoms with Crippen LogP contribution in [0.15, 0.2) is 54.6 Å². The highest BCUT2D eigenvalue weighted by Crippen LogP contribution is 2.33. The summed E-state index contributed by atoms with van der Waals surface area (Å²) in [6.07, 6.45) is 4.75. The lowest BCUT2D eigenvalue weighted by Crippen LogP contribution is -2.32. The molecule has 5 nitrogen and oxygen atoms in total. The maximum Gasteiger partial charge on any atom is 0.225 e. The third kappa shape index (κ3) is 8.61. The summed E-state index contributed by atoms with van der Waals surface area (Å²) in [7, 11) is 0. The third-order valence-electron chi connectivity index (χ3n) is 7.72. The minimum atomic E-state index is -1.25. The van der Waals surface area contributed by atoms with Crippen molar-refractivity contribution in [2.24, 2.45) is 0 Å². The average Bonchev–Trinajstić information content (AvgIpc) is 3.43. The van der Waals surface area contributed by atoms with Gasteiger partial charge in [0.15, 0.2) is 23.2 Å². The van der Waals surface area contributed by atoms with Crippen molar-refractivity contribution in [2.75, 3.05) is 25.0 Å². The number of anilines is 1. The molecule has 0 spiro atoms. The number of hydrogen-bond donors (Lipinski definition) is 2. The van der Waals surface area contributed by atoms with Crippen molar-refractivity contribution < 1.29 is 22.7 Å². The number of carbonyl (C=O) groups excluding carboxylic acids is 1. The van der Waals surface area contributed by atoms with Gasteiger partial charge in [0.2, 0.25) is 5.91 Å². The van der Waals surface area contributed by atoms with Gasteiger partial charge in [-0.3, -0.25) is 9.69 Å². The van der Waals surface area contributed by atoms with Crippen LogP contribution in [-0.2, 0) is 11.3 Å². The van der Waals surface area contributed by atoms with E-state index in [-0.39, 0.29) is 42.5 Å². The van der Waals surface area contributed by atoms with Crippen LogP contribution in [0, 0.1) is 24.4 Å². The van der Waals surface area contributed by atoms with E-state index in [1.54, 1.807) is 12.1 Å². The van der Waals surface area contributed by atoms with E-state index in [4.69, 9.17) is 4.74 Å². The Morgan fingerprint density at radius 2 is 1.66 bits per heavy atom. The predicted molar refractivity (Wildman–Crippen MR) is 160 cm³/mol. The van der Waals surface area contributed by atoms with Crippen LogP contribution in [-0.4, -0.2) is 36.5 Å². The Labute approximate surface area is 251 Å². The molecule has 0 aromatic heterocycles. The molecule has 1 amide bonds. The maximum atomic E-state index is 13.9. The fraction of sp³-hybridized carbons (Fsp3) is 0.387. The molecule has 0 aliphatic carbocycles. The summed E-state index contributed by atoms with van der Waals surface area (Å²) >= 11 is 0. The normalized spacial score (nSPS) is 17.4. The molecule has 222 valence electrons. The van der Waals surface area contributed by atoms with Crippen LogP contribution >= 0.6 is 24.8 Å². The molecule has 2 aliphatic rings. The van der Waals surface area contributed by atoms with Crippen molar-refractivity contribution >= 4 is 36.4 Å². The number of aryl methyl sites for hydroxylation is 1. The Morgan fingerprint density at radius 3 is 2.34 bits per heavy atom. The molecule has 3 aromatic carbocycles. The van der Waals surface area contributed by atoms with Crippen LogP contribution in [0.3, 0.4) is 0 Å². The number of nitrogens with zero attached hydrogens (tertiary/aromatic N) is 1. The Balaban J connectivity index is 0.00000231. The van der Waals surface area contributed by atoms with Crippen LogP contribution in [0.25, 0.3) is 0 Å². The maximum absolute atomic E-state index is 13.9. The van der Waals surface area contributed by atoms with Crippen molar-refractivity contribution in [1.82, 2.24) is 10.2 Å². The number of ether oxygens (including phenoxy) is 1. The summed E-state index contributed by atoms with van der Waals surface area (Å²) in [6, 6.07) is 14.9. The number of hydrogen-bond acceptors (Lipinski definition) is 4. The summed E-state index contributed by atoms with van der Waals surface area (Å²) < 4.78 is 45.9. The number of amides is 1. The molecule has 2 heterocycles. The molecular formula is C31H36Cl2F3N3O2. The molecule has 2 aliphatic heterocycles. The first-order chi connectivity index (χ1) is 18.8. The van der Waals surface area contributed by atoms with Crippen molar-refractivity contribution in [2.45, 2.75) is 57.5 Å². The predicted octanol–water partition coefficient (Wildman–Crippen LogP) is 7.51. The highest BCUT2D eigenvalue weighted by molar-refractivity contribution is 5.91. The van der Waals surface area contributed by atoms with E-state index < -0.39 is 17.5 Å². The molecule has 0 saturated carbocycles. The number of carbonyl (C=O) groups is 1. The van der Waals surface area contributed by atoms with Crippen LogP contribution in [0.5, 0.6) is 11.5 Å². The van der Waals surface area contributed by atoms with Gasteiger partial charge >= 0.3 is 0 Å². The molecule has 0 unspecified atom stereocenters. The molecule has 2 N–H and O–H groups in total. The van der Waals surface area contributed by atoms with Gasteiger partial charge in [-0.1, -0.05) is 18.2 Å². The van der Waals surface area contributed by atoms with Crippen LogP contribution in [0.4, 0.5) is 18.9 Å². The Hall–Kier alpha value is -2.78. The van der Waals surface area contributed by atoms with E-state index in [0.29, 0.717) is 30.2 Å². The van der Waals surface area contributed by atoms with Crippen molar-refractivity contribution in [1.29, 1.82) is 0 Å². The molecule has 10 heteroatoms. The van der Waals surface area contributed by atoms with E-state index in [1.807, 2.05) is 18.2 Å². The van der Waals surface area contributed by atoms with Gasteiger partial charge in [-0.25, -0.2) is 13.2 Å². The quantitative estimate of drug-likeness (QED) is 0.260. The summed E-state index contributed by atoms with van der Waals surface area (Å²) in [5.74, 6) is -2.86. The number of piperidine rings is 1. The standard InChI is InChI=1S/C31H34F3N3O2.2ClH/c1-20-4-7-24(36-31(38)16-23-3-2-12-35-23)15-26(20)22-10-13-37(14-11-22)19-21-5-8-25(9-6-21)39-30-18-28(33)27(32)17-29(30)34;;/h4-9,15,17-18,22-23,35H,2-3,10-14,16,19H2,1H3,(H,36,38);2*1H/t23-;;/m0../s1. The van der Waals surface area contributed by atoms with Gasteiger partial charge in [0.25, 0.3) is 0 Å². The van der Waals surface area contributed by atoms with Gasteiger partial charge in [0.1, 0.15) is 5.75 Å². The van der Waals surface area contributed by atoms with Crippen molar-refractivity contribution in [3.63, 3.8) is 0 Å². The zero-order valence-electron chi connectivity index (χ0n) is 22.9. The topological polar surface area (TPSA) is 53.6 Å². The Morgan fingerprint density at radius 1 is 0.951 bits per heavy atom. The minimum absolute atomic E-state index is 0. The highest BCUT2D eigenvalue weighted by atomic mass is 35.5. The fourth-order valence-electron chi connectivity index (χ4n) is 5.56. The first-order valence-corrected chi connectivity index (χ1v) is 13.6. The molecule has 3 aromatic rings. The van der Waals surface area contributed by atoms with Crippen LogP contribution in [0.2, 0.25) is 0 Å². The first-order valence-electron chi connectivity index (χ1n) is 13.6. The van der Waals surface area contributed by atoms with Gasteiger partial charge in [0.05, 0.1) is 0 Å². The van der Waals surface area contributed by atoms with E-state index >= 15 is 0 Å². The second-order valence-electron chi connectivity index (χ2n) is 10.6. The fourth-order valence-corrected chi connectivity index (χ4v) is 5.56. The van der Waals surface area contributed by atoms with E-state index in [9.17, 15) is 18.0 Å². The van der Waals surface area contributed by atoms with Crippen molar-refractivity contribution in [3.8, 4) is 11.5 Å². The summed E-state index contributed by atoms with van der Waals surface area (Å²) in [5.41, 5.74) is 4.50. The van der Waals surface area contributed by atoms with Crippen LogP contribution in [0.1, 0.15) is 54.7 Å². The number of nitrogens with one attached hydrogen (secondary N) is 2. The number of benzene rings is 3. The molecule has 0 bridgehead atoms. The lowest BCUT2D eigenvalue weighted by atomic mass is 9.86. The largest absolute Gasteiger partial charge is 0.454 e.